The summed E-state index contributed by atoms with van der Waals surface area (Å²) in [5.74, 6) is 1.55. The summed E-state index contributed by atoms with van der Waals surface area (Å²) in [5.41, 5.74) is 6.26. The molecule has 0 saturated carbocycles. The molecule has 7 heteroatoms. The van der Waals surface area contributed by atoms with Crippen molar-refractivity contribution in [2.45, 2.75) is 53.1 Å². The normalized spacial score (nSPS) is 17.0. The van der Waals surface area contributed by atoms with E-state index in [4.69, 9.17) is 4.52 Å². The first kappa shape index (κ1) is 17.6. The van der Waals surface area contributed by atoms with Crippen LogP contribution >= 0.6 is 0 Å². The number of likely N-dealkylation sites (tertiary alicyclic amines) is 1. The van der Waals surface area contributed by atoms with E-state index in [1.54, 1.807) is 0 Å². The molecular formula is C20H25N5O2. The van der Waals surface area contributed by atoms with Crippen LogP contribution in [0.5, 0.6) is 0 Å². The third kappa shape index (κ3) is 3.18. The van der Waals surface area contributed by atoms with Gasteiger partial charge >= 0.3 is 6.03 Å². The lowest BCUT2D eigenvalue weighted by molar-refractivity contribution is 0.192. The van der Waals surface area contributed by atoms with Gasteiger partial charge in [0, 0.05) is 12.1 Å². The lowest BCUT2D eigenvalue weighted by atomic mass is 10.0. The second kappa shape index (κ2) is 6.72. The molecule has 2 amide bonds. The van der Waals surface area contributed by atoms with E-state index in [-0.39, 0.29) is 12.1 Å². The van der Waals surface area contributed by atoms with Gasteiger partial charge in [-0.05, 0) is 63.8 Å². The van der Waals surface area contributed by atoms with Crippen LogP contribution in [-0.4, -0.2) is 32.6 Å². The van der Waals surface area contributed by atoms with Gasteiger partial charge in [0.05, 0.1) is 29.3 Å². The van der Waals surface area contributed by atoms with Crippen LogP contribution in [0.1, 0.15) is 52.9 Å². The molecule has 3 heterocycles. The van der Waals surface area contributed by atoms with Crippen molar-refractivity contribution in [3.63, 3.8) is 0 Å². The van der Waals surface area contributed by atoms with Gasteiger partial charge in [0.2, 0.25) is 0 Å². The Balaban J connectivity index is 1.47. The van der Waals surface area contributed by atoms with Gasteiger partial charge in [0.15, 0.2) is 0 Å². The lowest BCUT2D eigenvalue weighted by Gasteiger charge is -2.24. The fourth-order valence-corrected chi connectivity index (χ4v) is 3.94. The highest BCUT2D eigenvalue weighted by atomic mass is 16.5. The van der Waals surface area contributed by atoms with Crippen molar-refractivity contribution in [1.29, 1.82) is 0 Å². The summed E-state index contributed by atoms with van der Waals surface area (Å²) in [6.45, 7) is 9.10. The van der Waals surface area contributed by atoms with Crippen LogP contribution in [0.4, 0.5) is 4.79 Å². The van der Waals surface area contributed by atoms with E-state index >= 15 is 0 Å². The first-order chi connectivity index (χ1) is 12.9. The molecule has 1 aromatic carbocycles. The minimum absolute atomic E-state index is 0.0252. The van der Waals surface area contributed by atoms with Crippen LogP contribution in [0.25, 0.3) is 11.0 Å². The largest absolute Gasteiger partial charge is 0.361 e. The number of hydrogen-bond acceptors (Lipinski definition) is 4. The van der Waals surface area contributed by atoms with Crippen molar-refractivity contribution in [1.82, 2.24) is 25.3 Å². The Labute approximate surface area is 158 Å². The highest BCUT2D eigenvalue weighted by molar-refractivity contribution is 5.78. The van der Waals surface area contributed by atoms with Gasteiger partial charge in [-0.3, -0.25) is 0 Å². The number of nitrogens with zero attached hydrogens (tertiary/aromatic N) is 3. The van der Waals surface area contributed by atoms with Crippen LogP contribution in [0.2, 0.25) is 0 Å². The van der Waals surface area contributed by atoms with E-state index in [9.17, 15) is 4.79 Å². The average Bonchev–Trinajstić information content (AvgIpc) is 3.32. The molecule has 2 aromatic heterocycles. The minimum Gasteiger partial charge on any atom is -0.361 e. The average molecular weight is 367 g/mol. The molecule has 7 nitrogen and oxygen atoms in total. The summed E-state index contributed by atoms with van der Waals surface area (Å²) in [6, 6.07) is 4.11. The van der Waals surface area contributed by atoms with E-state index in [1.165, 1.54) is 11.1 Å². The van der Waals surface area contributed by atoms with Crippen LogP contribution in [0.3, 0.4) is 0 Å². The monoisotopic (exact) mass is 367 g/mol. The number of hydrogen-bond donors (Lipinski definition) is 2. The van der Waals surface area contributed by atoms with E-state index in [1.807, 2.05) is 18.7 Å². The number of benzene rings is 1. The Morgan fingerprint density at radius 3 is 2.81 bits per heavy atom. The number of H-pyrrole nitrogens is 1. The highest BCUT2D eigenvalue weighted by Crippen LogP contribution is 2.35. The number of aromatic nitrogens is 3. The quantitative estimate of drug-likeness (QED) is 0.736. The van der Waals surface area contributed by atoms with E-state index < -0.39 is 0 Å². The molecule has 0 unspecified atom stereocenters. The predicted molar refractivity (Wildman–Crippen MR) is 102 cm³/mol. The van der Waals surface area contributed by atoms with Crippen molar-refractivity contribution in [3.05, 3.63) is 46.1 Å². The number of carbonyl (C=O) groups excluding carboxylic acids is 1. The van der Waals surface area contributed by atoms with Gasteiger partial charge in [-0.25, -0.2) is 9.78 Å². The fourth-order valence-electron chi connectivity index (χ4n) is 3.94. The van der Waals surface area contributed by atoms with Gasteiger partial charge < -0.3 is 19.7 Å². The van der Waals surface area contributed by atoms with Crippen LogP contribution in [0.15, 0.2) is 16.7 Å². The number of aromatic amines is 1. The first-order valence-corrected chi connectivity index (χ1v) is 9.37. The second-order valence-corrected chi connectivity index (χ2v) is 7.39. The van der Waals surface area contributed by atoms with Crippen LogP contribution < -0.4 is 5.32 Å². The number of fused-ring (bicyclic) bond motifs is 1. The van der Waals surface area contributed by atoms with Gasteiger partial charge in [-0.2, -0.15) is 0 Å². The van der Waals surface area contributed by atoms with Crippen molar-refractivity contribution >= 4 is 17.1 Å². The van der Waals surface area contributed by atoms with Gasteiger partial charge in [-0.1, -0.05) is 5.16 Å². The molecule has 1 aliphatic rings. The molecule has 1 aliphatic heterocycles. The Morgan fingerprint density at radius 1 is 1.30 bits per heavy atom. The number of aryl methyl sites for hydroxylation is 4. The number of amides is 2. The summed E-state index contributed by atoms with van der Waals surface area (Å²) in [5, 5.41) is 7.04. The van der Waals surface area contributed by atoms with Gasteiger partial charge in [0.25, 0.3) is 0 Å². The molecule has 142 valence electrons. The third-order valence-electron chi connectivity index (χ3n) is 5.49. The molecule has 2 N–H and O–H groups in total. The fraction of sp³-hybridized carbons (Fsp3) is 0.450. The zero-order valence-electron chi connectivity index (χ0n) is 16.2. The summed E-state index contributed by atoms with van der Waals surface area (Å²) >= 11 is 0. The summed E-state index contributed by atoms with van der Waals surface area (Å²) in [4.78, 5) is 22.6. The van der Waals surface area contributed by atoms with Crippen molar-refractivity contribution < 1.29 is 9.32 Å². The van der Waals surface area contributed by atoms with Crippen LogP contribution in [-0.2, 0) is 6.54 Å². The molecule has 27 heavy (non-hydrogen) atoms. The van der Waals surface area contributed by atoms with Gasteiger partial charge in [0.1, 0.15) is 11.6 Å². The van der Waals surface area contributed by atoms with E-state index in [0.29, 0.717) is 6.54 Å². The van der Waals surface area contributed by atoms with Crippen molar-refractivity contribution in [2.75, 3.05) is 6.54 Å². The van der Waals surface area contributed by atoms with Crippen molar-refractivity contribution in [2.24, 2.45) is 0 Å². The molecule has 1 atom stereocenters. The van der Waals surface area contributed by atoms with Crippen LogP contribution in [0, 0.1) is 27.7 Å². The maximum atomic E-state index is 12.8. The first-order valence-electron chi connectivity index (χ1n) is 9.37. The molecular weight excluding hydrogens is 342 g/mol. The number of carbonyl (C=O) groups is 1. The predicted octanol–water partition coefficient (Wildman–Crippen LogP) is 3.83. The van der Waals surface area contributed by atoms with Gasteiger partial charge in [-0.15, -0.1) is 0 Å². The molecule has 1 saturated heterocycles. The molecule has 0 aliphatic carbocycles. The zero-order valence-corrected chi connectivity index (χ0v) is 16.2. The zero-order chi connectivity index (χ0) is 19.1. The van der Waals surface area contributed by atoms with E-state index in [0.717, 1.165) is 53.3 Å². The SMILES string of the molecule is Cc1cc2nc(CNC(=O)N3CCC[C@H]3c3c(C)noc3C)[nH]c2cc1C. The minimum atomic E-state index is -0.0784. The standard InChI is InChI=1S/C20H25N5O2/c1-11-8-15-16(9-12(11)2)23-18(22-15)10-21-20(26)25-7-5-6-17(25)19-13(3)24-27-14(19)4/h8-9,17H,5-7,10H2,1-4H3,(H,21,26)(H,22,23)/t17-/m0/s1. The number of imidazole rings is 1. The number of nitrogens with one attached hydrogen (secondary N) is 2. The number of rotatable bonds is 3. The molecule has 4 rings (SSSR count). The Bertz CT molecular complexity index is 945. The smallest absolute Gasteiger partial charge is 0.318 e. The van der Waals surface area contributed by atoms with Crippen molar-refractivity contribution in [3.8, 4) is 0 Å². The number of urea groups is 1. The molecule has 0 radical (unpaired) electrons. The second-order valence-electron chi connectivity index (χ2n) is 7.39. The highest BCUT2D eigenvalue weighted by Gasteiger charge is 2.33. The summed E-state index contributed by atoms with van der Waals surface area (Å²) in [6.07, 6.45) is 1.91. The maximum absolute atomic E-state index is 12.8. The third-order valence-corrected chi connectivity index (χ3v) is 5.49. The van der Waals surface area contributed by atoms with E-state index in [2.05, 4.69) is 46.4 Å². The molecule has 0 spiro atoms. The topological polar surface area (TPSA) is 87.1 Å². The molecule has 0 bridgehead atoms. The molecule has 3 aromatic rings. The lowest BCUT2D eigenvalue weighted by Crippen LogP contribution is -2.39. The molecule has 1 fully saturated rings. The maximum Gasteiger partial charge on any atom is 0.318 e. The summed E-state index contributed by atoms with van der Waals surface area (Å²) < 4.78 is 5.29. The summed E-state index contributed by atoms with van der Waals surface area (Å²) in [7, 11) is 0. The Morgan fingerprint density at radius 2 is 2.07 bits per heavy atom. The Kier molecular flexibility index (Phi) is 4.37. The Hall–Kier alpha value is -2.83.